The van der Waals surface area contributed by atoms with Crippen LogP contribution in [0.5, 0.6) is 0 Å². The Labute approximate surface area is 142 Å². The Hall–Kier alpha value is -1.93. The van der Waals surface area contributed by atoms with E-state index in [9.17, 15) is 18.0 Å². The lowest BCUT2D eigenvalue weighted by Gasteiger charge is -2.25. The standard InChI is InChI=1S/C16H23NO6S/c1-4-23-15(20)11-12-6-5-7-13(10-12)24(21,22)17-16(2,3)9-8-14(18)19/h5-7,10,17H,4,8-9,11H2,1-3H3,(H,18,19). The normalized spacial score (nSPS) is 12.0. The van der Waals surface area contributed by atoms with E-state index in [2.05, 4.69) is 4.72 Å². The molecule has 0 unspecified atom stereocenters. The van der Waals surface area contributed by atoms with E-state index in [0.29, 0.717) is 5.56 Å². The first-order valence-corrected chi connectivity index (χ1v) is 9.04. The minimum absolute atomic E-state index is 0.0143. The molecule has 0 spiro atoms. The van der Waals surface area contributed by atoms with E-state index in [1.807, 2.05) is 0 Å². The number of hydrogen-bond acceptors (Lipinski definition) is 5. The van der Waals surface area contributed by atoms with Crippen molar-refractivity contribution in [2.75, 3.05) is 6.61 Å². The summed E-state index contributed by atoms with van der Waals surface area (Å²) < 4.78 is 32.3. The number of carboxylic acids is 1. The lowest BCUT2D eigenvalue weighted by molar-refractivity contribution is -0.142. The number of carboxylic acid groups (broad SMARTS) is 1. The van der Waals surface area contributed by atoms with Crippen molar-refractivity contribution in [3.63, 3.8) is 0 Å². The quantitative estimate of drug-likeness (QED) is 0.651. The van der Waals surface area contributed by atoms with Crippen LogP contribution < -0.4 is 4.72 Å². The Morgan fingerprint density at radius 3 is 2.54 bits per heavy atom. The van der Waals surface area contributed by atoms with Crippen molar-refractivity contribution in [3.8, 4) is 0 Å². The topological polar surface area (TPSA) is 110 Å². The van der Waals surface area contributed by atoms with Gasteiger partial charge in [0.05, 0.1) is 17.9 Å². The molecule has 0 aliphatic heterocycles. The van der Waals surface area contributed by atoms with Crippen molar-refractivity contribution < 1.29 is 27.9 Å². The van der Waals surface area contributed by atoms with Gasteiger partial charge in [0.2, 0.25) is 10.0 Å². The minimum Gasteiger partial charge on any atom is -0.481 e. The highest BCUT2D eigenvalue weighted by Crippen LogP contribution is 2.18. The molecule has 0 heterocycles. The van der Waals surface area contributed by atoms with Crippen molar-refractivity contribution >= 4 is 22.0 Å². The molecule has 134 valence electrons. The lowest BCUT2D eigenvalue weighted by atomic mass is 10.0. The fraction of sp³-hybridized carbons (Fsp3) is 0.500. The molecule has 0 saturated heterocycles. The molecular weight excluding hydrogens is 334 g/mol. The van der Waals surface area contributed by atoms with Crippen LogP contribution in [0.3, 0.4) is 0 Å². The highest BCUT2D eigenvalue weighted by Gasteiger charge is 2.27. The molecule has 2 N–H and O–H groups in total. The van der Waals surface area contributed by atoms with E-state index in [-0.39, 0.29) is 30.8 Å². The van der Waals surface area contributed by atoms with Gasteiger partial charge in [-0.3, -0.25) is 9.59 Å². The van der Waals surface area contributed by atoms with Crippen LogP contribution in [0, 0.1) is 0 Å². The summed E-state index contributed by atoms with van der Waals surface area (Å²) >= 11 is 0. The molecule has 0 bridgehead atoms. The number of hydrogen-bond donors (Lipinski definition) is 2. The lowest BCUT2D eigenvalue weighted by Crippen LogP contribution is -2.43. The number of benzene rings is 1. The molecule has 0 aromatic heterocycles. The summed E-state index contributed by atoms with van der Waals surface area (Å²) in [5, 5.41) is 8.74. The molecule has 0 saturated carbocycles. The monoisotopic (exact) mass is 357 g/mol. The maximum Gasteiger partial charge on any atom is 0.310 e. The highest BCUT2D eigenvalue weighted by molar-refractivity contribution is 7.89. The Kier molecular flexibility index (Phi) is 6.92. The van der Waals surface area contributed by atoms with Gasteiger partial charge in [-0.2, -0.15) is 0 Å². The number of carbonyl (C=O) groups excluding carboxylic acids is 1. The van der Waals surface area contributed by atoms with Crippen molar-refractivity contribution in [2.45, 2.75) is 50.5 Å². The summed E-state index contributed by atoms with van der Waals surface area (Å²) in [5.74, 6) is -1.42. The van der Waals surface area contributed by atoms with E-state index in [4.69, 9.17) is 9.84 Å². The van der Waals surface area contributed by atoms with Crippen molar-refractivity contribution in [1.29, 1.82) is 0 Å². The summed E-state index contributed by atoms with van der Waals surface area (Å²) in [7, 11) is -3.83. The Bertz CT molecular complexity index is 696. The smallest absolute Gasteiger partial charge is 0.310 e. The summed E-state index contributed by atoms with van der Waals surface area (Å²) in [6.07, 6.45) is 0.00209. The third-order valence-corrected chi connectivity index (χ3v) is 4.93. The Morgan fingerprint density at radius 2 is 1.96 bits per heavy atom. The van der Waals surface area contributed by atoms with Crippen molar-refractivity contribution in [2.24, 2.45) is 0 Å². The Morgan fingerprint density at radius 1 is 1.29 bits per heavy atom. The largest absolute Gasteiger partial charge is 0.481 e. The van der Waals surface area contributed by atoms with Gasteiger partial charge in [0.1, 0.15) is 0 Å². The molecule has 0 aliphatic carbocycles. The number of aliphatic carboxylic acids is 1. The fourth-order valence-corrected chi connectivity index (χ4v) is 3.61. The first-order chi connectivity index (χ1) is 11.1. The number of sulfonamides is 1. The molecule has 1 aromatic rings. The molecule has 7 nitrogen and oxygen atoms in total. The van der Waals surface area contributed by atoms with Gasteiger partial charge in [-0.15, -0.1) is 0 Å². The zero-order chi connectivity index (χ0) is 18.4. The van der Waals surface area contributed by atoms with Gasteiger partial charge < -0.3 is 9.84 Å². The van der Waals surface area contributed by atoms with Crippen LogP contribution in [-0.4, -0.2) is 37.6 Å². The van der Waals surface area contributed by atoms with Crippen LogP contribution in [0.4, 0.5) is 0 Å². The SMILES string of the molecule is CCOC(=O)Cc1cccc(S(=O)(=O)NC(C)(C)CCC(=O)O)c1. The third kappa shape index (κ3) is 6.67. The van der Waals surface area contributed by atoms with Gasteiger partial charge >= 0.3 is 11.9 Å². The van der Waals surface area contributed by atoms with Crippen molar-refractivity contribution in [3.05, 3.63) is 29.8 Å². The minimum atomic E-state index is -3.83. The van der Waals surface area contributed by atoms with E-state index in [1.54, 1.807) is 32.9 Å². The van der Waals surface area contributed by atoms with Crippen LogP contribution in [0.1, 0.15) is 39.2 Å². The molecule has 0 radical (unpaired) electrons. The second kappa shape index (κ2) is 8.25. The maximum atomic E-state index is 12.5. The van der Waals surface area contributed by atoms with E-state index >= 15 is 0 Å². The van der Waals surface area contributed by atoms with Crippen LogP contribution in [-0.2, 0) is 30.8 Å². The molecule has 24 heavy (non-hydrogen) atoms. The molecule has 1 rings (SSSR count). The predicted molar refractivity (Wildman–Crippen MR) is 88.0 cm³/mol. The van der Waals surface area contributed by atoms with Crippen LogP contribution in [0.2, 0.25) is 0 Å². The fourth-order valence-electron chi connectivity index (χ4n) is 2.09. The van der Waals surface area contributed by atoms with E-state index in [0.717, 1.165) is 0 Å². The summed E-state index contributed by atoms with van der Waals surface area (Å²) in [6.45, 7) is 5.20. The number of esters is 1. The first-order valence-electron chi connectivity index (χ1n) is 7.56. The number of nitrogens with one attached hydrogen (secondary N) is 1. The summed E-state index contributed by atoms with van der Waals surface area (Å²) in [4.78, 5) is 22.2. The average molecular weight is 357 g/mol. The summed E-state index contributed by atoms with van der Waals surface area (Å²) in [5.41, 5.74) is -0.381. The van der Waals surface area contributed by atoms with Crippen LogP contribution in [0.15, 0.2) is 29.2 Å². The molecule has 0 amide bonds. The average Bonchev–Trinajstić information content (AvgIpc) is 2.45. The van der Waals surface area contributed by atoms with E-state index < -0.39 is 27.5 Å². The molecule has 0 atom stereocenters. The second-order valence-electron chi connectivity index (χ2n) is 6.01. The van der Waals surface area contributed by atoms with Gasteiger partial charge in [-0.25, -0.2) is 13.1 Å². The zero-order valence-corrected chi connectivity index (χ0v) is 14.9. The first kappa shape index (κ1) is 20.1. The third-order valence-electron chi connectivity index (χ3n) is 3.24. The maximum absolute atomic E-state index is 12.5. The van der Waals surface area contributed by atoms with Gasteiger partial charge in [0.25, 0.3) is 0 Å². The number of ether oxygens (including phenoxy) is 1. The van der Waals surface area contributed by atoms with Crippen LogP contribution >= 0.6 is 0 Å². The molecule has 1 aromatic carbocycles. The predicted octanol–water partition coefficient (Wildman–Crippen LogP) is 1.71. The number of rotatable bonds is 9. The number of carbonyl (C=O) groups is 2. The van der Waals surface area contributed by atoms with Gasteiger partial charge in [0.15, 0.2) is 0 Å². The summed E-state index contributed by atoms with van der Waals surface area (Å²) in [6, 6.07) is 6.02. The highest BCUT2D eigenvalue weighted by atomic mass is 32.2. The van der Waals surface area contributed by atoms with E-state index in [1.165, 1.54) is 12.1 Å². The van der Waals surface area contributed by atoms with Crippen molar-refractivity contribution in [1.82, 2.24) is 4.72 Å². The molecule has 0 fully saturated rings. The zero-order valence-electron chi connectivity index (χ0n) is 14.0. The molecule has 0 aliphatic rings. The van der Waals surface area contributed by atoms with Gasteiger partial charge in [0, 0.05) is 12.0 Å². The molecular formula is C16H23NO6S. The van der Waals surface area contributed by atoms with Gasteiger partial charge in [-0.1, -0.05) is 12.1 Å². The van der Waals surface area contributed by atoms with Gasteiger partial charge in [-0.05, 0) is 44.9 Å². The molecule has 8 heteroatoms. The second-order valence-corrected chi connectivity index (χ2v) is 7.69. The Balaban J connectivity index is 2.90. The van der Waals surface area contributed by atoms with Crippen LogP contribution in [0.25, 0.3) is 0 Å².